The summed E-state index contributed by atoms with van der Waals surface area (Å²) in [5, 5.41) is 0. The van der Waals surface area contributed by atoms with E-state index in [9.17, 15) is 4.79 Å². The van der Waals surface area contributed by atoms with Crippen LogP contribution < -0.4 is 4.74 Å². The number of allylic oxidation sites excluding steroid dienone is 1. The minimum absolute atomic E-state index is 0.368. The molecule has 0 fully saturated rings. The normalized spacial score (nSPS) is 10.5. The van der Waals surface area contributed by atoms with Gasteiger partial charge < -0.3 is 9.47 Å². The fraction of sp³-hybridized carbons (Fsp3) is 0.167. The first kappa shape index (κ1) is 14.9. The summed E-state index contributed by atoms with van der Waals surface area (Å²) < 4.78 is 10.9. The number of para-hydroxylation sites is 1. The van der Waals surface area contributed by atoms with Gasteiger partial charge in [0.25, 0.3) is 0 Å². The van der Waals surface area contributed by atoms with Crippen LogP contribution >= 0.6 is 0 Å². The zero-order valence-corrected chi connectivity index (χ0v) is 12.0. The zero-order valence-electron chi connectivity index (χ0n) is 12.0. The summed E-state index contributed by atoms with van der Waals surface area (Å²) in [6, 6.07) is 16.3. The van der Waals surface area contributed by atoms with Crippen molar-refractivity contribution >= 4 is 5.97 Å². The van der Waals surface area contributed by atoms with Gasteiger partial charge in [0, 0.05) is 5.56 Å². The van der Waals surface area contributed by atoms with E-state index >= 15 is 0 Å². The molecule has 108 valence electrons. The molecule has 3 nitrogen and oxygen atoms in total. The molecule has 0 unspecified atom stereocenters. The number of rotatable bonds is 6. The van der Waals surface area contributed by atoms with Crippen molar-refractivity contribution in [2.24, 2.45) is 0 Å². The monoisotopic (exact) mass is 282 g/mol. The number of hydrogen-bond donors (Lipinski definition) is 0. The highest BCUT2D eigenvalue weighted by Gasteiger charge is 2.10. The van der Waals surface area contributed by atoms with Gasteiger partial charge in [-0.2, -0.15) is 0 Å². The molecule has 0 atom stereocenters. The molecule has 0 saturated carbocycles. The Bertz CT molecular complexity index is 603. The lowest BCUT2D eigenvalue weighted by atomic mass is 10.2. The van der Waals surface area contributed by atoms with E-state index in [1.165, 1.54) is 0 Å². The maximum atomic E-state index is 12.1. The van der Waals surface area contributed by atoms with E-state index in [1.54, 1.807) is 36.6 Å². The number of benzene rings is 2. The Kier molecular flexibility index (Phi) is 5.59. The second-order valence-electron chi connectivity index (χ2n) is 4.45. The van der Waals surface area contributed by atoms with Crippen LogP contribution in [0.25, 0.3) is 0 Å². The molecule has 0 aliphatic rings. The lowest BCUT2D eigenvalue weighted by Gasteiger charge is -2.09. The molecule has 0 amide bonds. The van der Waals surface area contributed by atoms with Gasteiger partial charge in [-0.05, 0) is 24.6 Å². The summed E-state index contributed by atoms with van der Waals surface area (Å²) in [7, 11) is 0. The second-order valence-corrected chi connectivity index (χ2v) is 4.45. The highest BCUT2D eigenvalue weighted by atomic mass is 16.5. The molecule has 0 aromatic heterocycles. The number of carbonyl (C=O) groups is 1. The first-order valence-electron chi connectivity index (χ1n) is 6.93. The van der Waals surface area contributed by atoms with Gasteiger partial charge in [-0.25, -0.2) is 4.79 Å². The molecule has 0 bridgehead atoms. The van der Waals surface area contributed by atoms with Gasteiger partial charge in [-0.15, -0.1) is 0 Å². The number of ether oxygens (including phenoxy) is 2. The van der Waals surface area contributed by atoms with Crippen molar-refractivity contribution < 1.29 is 14.3 Å². The topological polar surface area (TPSA) is 35.5 Å². The Morgan fingerprint density at radius 2 is 1.76 bits per heavy atom. The van der Waals surface area contributed by atoms with Crippen LogP contribution in [0, 0.1) is 0 Å². The first-order valence-corrected chi connectivity index (χ1v) is 6.93. The smallest absolute Gasteiger partial charge is 0.343 e. The molecule has 0 heterocycles. The van der Waals surface area contributed by atoms with Crippen LogP contribution in [0.5, 0.6) is 5.75 Å². The molecule has 2 rings (SSSR count). The van der Waals surface area contributed by atoms with E-state index in [1.807, 2.05) is 37.3 Å². The molecule has 0 aliphatic carbocycles. The highest BCUT2D eigenvalue weighted by Crippen LogP contribution is 2.20. The fourth-order valence-electron chi connectivity index (χ4n) is 1.76. The number of hydrogen-bond acceptors (Lipinski definition) is 3. The molecule has 2 aromatic carbocycles. The third kappa shape index (κ3) is 4.49. The van der Waals surface area contributed by atoms with E-state index in [4.69, 9.17) is 9.47 Å². The molecule has 3 heteroatoms. The van der Waals surface area contributed by atoms with Gasteiger partial charge in [-0.1, -0.05) is 49.4 Å². The van der Waals surface area contributed by atoms with Crippen LogP contribution in [0.3, 0.4) is 0 Å². The lowest BCUT2D eigenvalue weighted by Crippen LogP contribution is -2.09. The minimum atomic E-state index is -0.368. The van der Waals surface area contributed by atoms with Gasteiger partial charge in [0.05, 0.1) is 11.8 Å². The van der Waals surface area contributed by atoms with Gasteiger partial charge in [0.1, 0.15) is 12.4 Å². The van der Waals surface area contributed by atoms with Gasteiger partial charge >= 0.3 is 5.97 Å². The van der Waals surface area contributed by atoms with Crippen molar-refractivity contribution in [2.75, 3.05) is 0 Å². The average molecular weight is 282 g/mol. The summed E-state index contributed by atoms with van der Waals surface area (Å²) in [6.45, 7) is 2.41. The third-order valence-electron chi connectivity index (χ3n) is 2.85. The molecule has 0 spiro atoms. The minimum Gasteiger partial charge on any atom is -0.497 e. The van der Waals surface area contributed by atoms with Crippen LogP contribution in [-0.4, -0.2) is 5.97 Å². The molecule has 0 radical (unpaired) electrons. The predicted octanol–water partition coefficient (Wildman–Crippen LogP) is 4.35. The molecule has 0 N–H and O–H groups in total. The zero-order chi connectivity index (χ0) is 14.9. The molecule has 2 aromatic rings. The Morgan fingerprint density at radius 3 is 2.52 bits per heavy atom. The van der Waals surface area contributed by atoms with Crippen molar-refractivity contribution in [3.63, 3.8) is 0 Å². The van der Waals surface area contributed by atoms with Gasteiger partial charge in [-0.3, -0.25) is 0 Å². The summed E-state index contributed by atoms with van der Waals surface area (Å²) in [6.07, 6.45) is 4.51. The Labute approximate surface area is 124 Å². The predicted molar refractivity (Wildman–Crippen MR) is 82.1 cm³/mol. The van der Waals surface area contributed by atoms with Crippen LogP contribution in [0.1, 0.15) is 29.3 Å². The number of carbonyl (C=O) groups excluding carboxylic acids is 1. The molecule has 0 aliphatic heterocycles. The van der Waals surface area contributed by atoms with Gasteiger partial charge in [0.15, 0.2) is 0 Å². The molecular formula is C18H18O3. The highest BCUT2D eigenvalue weighted by molar-refractivity contribution is 5.91. The standard InChI is InChI=1S/C18H18O3/c1-2-3-13-20-14-16-11-7-8-12-17(16)21-18(19)15-9-5-4-6-10-15/h3-13H,2,14H2,1H3. The largest absolute Gasteiger partial charge is 0.497 e. The molecular weight excluding hydrogens is 264 g/mol. The van der Waals surface area contributed by atoms with Gasteiger partial charge in [0.2, 0.25) is 0 Å². The van der Waals surface area contributed by atoms with E-state index in [0.717, 1.165) is 12.0 Å². The third-order valence-corrected chi connectivity index (χ3v) is 2.85. The van der Waals surface area contributed by atoms with Crippen molar-refractivity contribution in [1.82, 2.24) is 0 Å². The summed E-state index contributed by atoms with van der Waals surface area (Å²) in [4.78, 5) is 12.1. The van der Waals surface area contributed by atoms with E-state index in [-0.39, 0.29) is 5.97 Å². The average Bonchev–Trinajstić information content (AvgIpc) is 2.54. The van der Waals surface area contributed by atoms with E-state index in [0.29, 0.717) is 17.9 Å². The van der Waals surface area contributed by atoms with Crippen molar-refractivity contribution in [3.8, 4) is 5.75 Å². The Morgan fingerprint density at radius 1 is 1.05 bits per heavy atom. The summed E-state index contributed by atoms with van der Waals surface area (Å²) in [5.74, 6) is 0.156. The maximum Gasteiger partial charge on any atom is 0.343 e. The van der Waals surface area contributed by atoms with Crippen LogP contribution in [0.4, 0.5) is 0 Å². The van der Waals surface area contributed by atoms with Crippen molar-refractivity contribution in [2.45, 2.75) is 20.0 Å². The first-order chi connectivity index (χ1) is 10.3. The number of esters is 1. The maximum absolute atomic E-state index is 12.1. The van der Waals surface area contributed by atoms with E-state index in [2.05, 4.69) is 0 Å². The SMILES string of the molecule is CCC=COCc1ccccc1OC(=O)c1ccccc1. The fourth-order valence-corrected chi connectivity index (χ4v) is 1.76. The quantitative estimate of drug-likeness (QED) is 0.449. The van der Waals surface area contributed by atoms with E-state index < -0.39 is 0 Å². The molecule has 21 heavy (non-hydrogen) atoms. The van der Waals surface area contributed by atoms with Crippen LogP contribution in [0.15, 0.2) is 66.9 Å². The molecule has 0 saturated heterocycles. The summed E-state index contributed by atoms with van der Waals surface area (Å²) >= 11 is 0. The summed E-state index contributed by atoms with van der Waals surface area (Å²) in [5.41, 5.74) is 1.36. The Balaban J connectivity index is 2.06. The van der Waals surface area contributed by atoms with Crippen LogP contribution in [-0.2, 0) is 11.3 Å². The van der Waals surface area contributed by atoms with Crippen molar-refractivity contribution in [3.05, 3.63) is 78.1 Å². The lowest BCUT2D eigenvalue weighted by molar-refractivity contribution is 0.0730. The second kappa shape index (κ2) is 7.90. The Hall–Kier alpha value is -2.55. The van der Waals surface area contributed by atoms with Crippen molar-refractivity contribution in [1.29, 1.82) is 0 Å². The van der Waals surface area contributed by atoms with Crippen LogP contribution in [0.2, 0.25) is 0 Å².